The van der Waals surface area contributed by atoms with E-state index in [1.165, 1.54) is 0 Å². The van der Waals surface area contributed by atoms with Crippen molar-refractivity contribution in [2.75, 3.05) is 33.3 Å². The molecule has 2 unspecified atom stereocenters. The van der Waals surface area contributed by atoms with Gasteiger partial charge in [0.25, 0.3) is 5.92 Å². The van der Waals surface area contributed by atoms with Crippen molar-refractivity contribution in [1.82, 2.24) is 14.8 Å². The minimum Gasteiger partial charge on any atom is -0.497 e. The molecule has 0 bridgehead atoms. The SMILES string of the molecule is COc1ccc2nccc(OC3CCN(CC(=O)N4CC(F)(F)CC4C#N)C3)c2c1. The Bertz CT molecular complexity index is 994. The summed E-state index contributed by atoms with van der Waals surface area (Å²) in [6.45, 7) is 0.423. The minimum atomic E-state index is -3.00. The predicted octanol–water partition coefficient (Wildman–Crippen LogP) is 2.46. The zero-order chi connectivity index (χ0) is 21.3. The number of ether oxygens (including phenoxy) is 2. The van der Waals surface area contributed by atoms with Gasteiger partial charge in [-0.2, -0.15) is 5.26 Å². The van der Waals surface area contributed by atoms with E-state index in [4.69, 9.17) is 14.7 Å². The molecular formula is C21H22F2N4O3. The molecular weight excluding hydrogens is 394 g/mol. The number of amides is 1. The zero-order valence-electron chi connectivity index (χ0n) is 16.6. The molecule has 0 saturated carbocycles. The number of methoxy groups -OCH3 is 1. The number of halogens is 2. The lowest BCUT2D eigenvalue weighted by Gasteiger charge is -2.23. The van der Waals surface area contributed by atoms with E-state index in [0.717, 1.165) is 15.8 Å². The summed E-state index contributed by atoms with van der Waals surface area (Å²) in [5.41, 5.74) is 0.788. The smallest absolute Gasteiger partial charge is 0.268 e. The second-order valence-electron chi connectivity index (χ2n) is 7.68. The first-order valence-corrected chi connectivity index (χ1v) is 9.77. The number of fused-ring (bicyclic) bond motifs is 1. The van der Waals surface area contributed by atoms with Gasteiger partial charge < -0.3 is 14.4 Å². The van der Waals surface area contributed by atoms with Crippen molar-refractivity contribution in [3.8, 4) is 17.6 Å². The second kappa shape index (κ2) is 8.03. The summed E-state index contributed by atoms with van der Waals surface area (Å²) in [7, 11) is 1.59. The van der Waals surface area contributed by atoms with Crippen molar-refractivity contribution < 1.29 is 23.0 Å². The number of alkyl halides is 2. The predicted molar refractivity (Wildman–Crippen MR) is 104 cm³/mol. The number of nitriles is 1. The Kier molecular flexibility index (Phi) is 5.43. The van der Waals surface area contributed by atoms with Gasteiger partial charge in [-0.3, -0.25) is 14.7 Å². The maximum Gasteiger partial charge on any atom is 0.268 e. The van der Waals surface area contributed by atoms with Crippen molar-refractivity contribution in [3.05, 3.63) is 30.5 Å². The number of aromatic nitrogens is 1. The van der Waals surface area contributed by atoms with Crippen molar-refractivity contribution >= 4 is 16.8 Å². The first-order valence-electron chi connectivity index (χ1n) is 9.77. The van der Waals surface area contributed by atoms with E-state index in [1.807, 2.05) is 29.2 Å². The molecule has 1 aromatic heterocycles. The molecule has 2 aliphatic heterocycles. The quantitative estimate of drug-likeness (QED) is 0.745. The number of hydrogen-bond donors (Lipinski definition) is 0. The Morgan fingerprint density at radius 2 is 2.23 bits per heavy atom. The number of benzene rings is 1. The van der Waals surface area contributed by atoms with Gasteiger partial charge in [-0.1, -0.05) is 0 Å². The molecule has 30 heavy (non-hydrogen) atoms. The van der Waals surface area contributed by atoms with E-state index in [-0.39, 0.29) is 12.6 Å². The number of likely N-dealkylation sites (tertiary alicyclic amines) is 2. The van der Waals surface area contributed by atoms with E-state index in [9.17, 15) is 13.6 Å². The standard InChI is InChI=1S/C21H22F2N4O3/c1-29-15-2-3-18-17(8-15)19(4-6-25-18)30-16-5-7-26(11-16)12-20(28)27-13-21(22,23)9-14(27)10-24/h2-4,6,8,14,16H,5,7,9,11-13H2,1H3. The van der Waals surface area contributed by atoms with Gasteiger partial charge >= 0.3 is 0 Å². The lowest BCUT2D eigenvalue weighted by Crippen LogP contribution is -2.42. The highest BCUT2D eigenvalue weighted by Crippen LogP contribution is 2.32. The van der Waals surface area contributed by atoms with Gasteiger partial charge in [0, 0.05) is 31.1 Å². The van der Waals surface area contributed by atoms with Crippen LogP contribution in [0.15, 0.2) is 30.5 Å². The van der Waals surface area contributed by atoms with Crippen molar-refractivity contribution in [1.29, 1.82) is 5.26 Å². The second-order valence-corrected chi connectivity index (χ2v) is 7.68. The van der Waals surface area contributed by atoms with Gasteiger partial charge in [0.15, 0.2) is 0 Å². The molecule has 2 saturated heterocycles. The summed E-state index contributed by atoms with van der Waals surface area (Å²) >= 11 is 0. The van der Waals surface area contributed by atoms with Crippen LogP contribution in [0.2, 0.25) is 0 Å². The summed E-state index contributed by atoms with van der Waals surface area (Å²) in [5.74, 6) is -2.07. The summed E-state index contributed by atoms with van der Waals surface area (Å²) in [6, 6.07) is 8.09. The Morgan fingerprint density at radius 1 is 1.40 bits per heavy atom. The lowest BCUT2D eigenvalue weighted by molar-refractivity contribution is -0.133. The van der Waals surface area contributed by atoms with E-state index in [0.29, 0.717) is 31.0 Å². The van der Waals surface area contributed by atoms with Crippen molar-refractivity contribution in [3.63, 3.8) is 0 Å². The molecule has 9 heteroatoms. The molecule has 2 atom stereocenters. The highest BCUT2D eigenvalue weighted by molar-refractivity contribution is 5.86. The van der Waals surface area contributed by atoms with Crippen LogP contribution in [0, 0.1) is 11.3 Å². The number of pyridine rings is 1. The van der Waals surface area contributed by atoms with Gasteiger partial charge in [0.2, 0.25) is 5.91 Å². The third-order valence-electron chi connectivity index (χ3n) is 5.53. The first-order chi connectivity index (χ1) is 14.4. The monoisotopic (exact) mass is 416 g/mol. The first kappa shape index (κ1) is 20.3. The van der Waals surface area contributed by atoms with Crippen LogP contribution >= 0.6 is 0 Å². The Hall–Kier alpha value is -2.99. The third kappa shape index (κ3) is 4.14. The number of hydrogen-bond acceptors (Lipinski definition) is 6. The molecule has 2 aromatic rings. The Morgan fingerprint density at radius 3 is 3.00 bits per heavy atom. The molecule has 7 nitrogen and oxygen atoms in total. The fourth-order valence-electron chi connectivity index (χ4n) is 4.02. The van der Waals surface area contributed by atoms with E-state index < -0.39 is 30.8 Å². The number of carbonyl (C=O) groups is 1. The minimum absolute atomic E-state index is 0.000957. The van der Waals surface area contributed by atoms with Gasteiger partial charge in [-0.15, -0.1) is 0 Å². The molecule has 2 aliphatic rings. The fourth-order valence-corrected chi connectivity index (χ4v) is 4.02. The van der Waals surface area contributed by atoms with Gasteiger partial charge in [0.05, 0.1) is 31.8 Å². The maximum atomic E-state index is 13.6. The normalized spacial score (nSPS) is 23.5. The molecule has 1 aromatic carbocycles. The molecule has 158 valence electrons. The van der Waals surface area contributed by atoms with Crippen LogP contribution in [0.5, 0.6) is 11.5 Å². The fraction of sp³-hybridized carbons (Fsp3) is 0.476. The topological polar surface area (TPSA) is 78.7 Å². The highest BCUT2D eigenvalue weighted by atomic mass is 19.3. The van der Waals surface area contributed by atoms with Crippen LogP contribution in [0.3, 0.4) is 0 Å². The maximum absolute atomic E-state index is 13.6. The largest absolute Gasteiger partial charge is 0.497 e. The van der Waals surface area contributed by atoms with Crippen LogP contribution in [0.4, 0.5) is 8.78 Å². The number of carbonyl (C=O) groups excluding carboxylic acids is 1. The van der Waals surface area contributed by atoms with Gasteiger partial charge in [-0.25, -0.2) is 8.78 Å². The molecule has 0 N–H and O–H groups in total. The average Bonchev–Trinajstić information content (AvgIpc) is 3.30. The molecule has 1 amide bonds. The van der Waals surface area contributed by atoms with Gasteiger partial charge in [0.1, 0.15) is 23.6 Å². The van der Waals surface area contributed by atoms with E-state index in [1.54, 1.807) is 19.4 Å². The van der Waals surface area contributed by atoms with E-state index in [2.05, 4.69) is 4.98 Å². The van der Waals surface area contributed by atoms with Crippen molar-refractivity contribution in [2.24, 2.45) is 0 Å². The summed E-state index contributed by atoms with van der Waals surface area (Å²) in [5, 5.41) is 9.92. The van der Waals surface area contributed by atoms with E-state index >= 15 is 0 Å². The summed E-state index contributed by atoms with van der Waals surface area (Å²) in [4.78, 5) is 19.7. The summed E-state index contributed by atoms with van der Waals surface area (Å²) in [6.07, 6.45) is 1.65. The Balaban J connectivity index is 1.39. The lowest BCUT2D eigenvalue weighted by atomic mass is 10.2. The van der Waals surface area contributed by atoms with Crippen LogP contribution in [0.25, 0.3) is 10.9 Å². The molecule has 3 heterocycles. The zero-order valence-corrected chi connectivity index (χ0v) is 16.6. The Labute approximate surface area is 172 Å². The highest BCUT2D eigenvalue weighted by Gasteiger charge is 2.47. The molecule has 4 rings (SSSR count). The molecule has 0 radical (unpaired) electrons. The van der Waals surface area contributed by atoms with Gasteiger partial charge in [-0.05, 0) is 30.7 Å². The van der Waals surface area contributed by atoms with Crippen LogP contribution < -0.4 is 9.47 Å². The average molecular weight is 416 g/mol. The number of rotatable bonds is 5. The number of nitrogens with zero attached hydrogens (tertiary/aromatic N) is 4. The molecule has 0 spiro atoms. The molecule has 2 fully saturated rings. The summed E-state index contributed by atoms with van der Waals surface area (Å²) < 4.78 is 38.6. The van der Waals surface area contributed by atoms with Crippen LogP contribution in [-0.2, 0) is 4.79 Å². The third-order valence-corrected chi connectivity index (χ3v) is 5.53. The van der Waals surface area contributed by atoms with Crippen molar-refractivity contribution in [2.45, 2.75) is 30.9 Å². The van der Waals surface area contributed by atoms with Crippen LogP contribution in [-0.4, -0.2) is 72.0 Å². The molecule has 0 aliphatic carbocycles. The van der Waals surface area contributed by atoms with Crippen LogP contribution in [0.1, 0.15) is 12.8 Å².